The van der Waals surface area contributed by atoms with Crippen molar-refractivity contribution in [2.24, 2.45) is 11.8 Å². The summed E-state index contributed by atoms with van der Waals surface area (Å²) >= 11 is 0.213. The fourth-order valence-electron chi connectivity index (χ4n) is 3.85. The molecule has 27 heavy (non-hydrogen) atoms. The first kappa shape index (κ1) is 21.1. The van der Waals surface area contributed by atoms with Crippen molar-refractivity contribution in [3.63, 3.8) is 0 Å². The molecule has 3 rings (SSSR count). The van der Waals surface area contributed by atoms with Gasteiger partial charge in [0, 0.05) is 0 Å². The molecule has 2 bridgehead atoms. The third-order valence-corrected chi connectivity index (χ3v) is 13.4. The van der Waals surface area contributed by atoms with E-state index >= 15 is 0 Å². The first-order valence-electron chi connectivity index (χ1n) is 9.74. The molecule has 2 aliphatic rings. The summed E-state index contributed by atoms with van der Waals surface area (Å²) < 4.78 is 19.5. The minimum atomic E-state index is -1.87. The molecule has 1 aromatic rings. The number of carbonyl (C=O) groups is 1. The molecule has 0 N–H and O–H groups in total. The molecule has 150 valence electrons. The normalized spacial score (nSPS) is 30.5. The summed E-state index contributed by atoms with van der Waals surface area (Å²) in [4.78, 5) is 12.0. The Morgan fingerprint density at radius 3 is 2.52 bits per heavy atom. The molecule has 0 amide bonds. The Labute approximate surface area is 170 Å². The van der Waals surface area contributed by atoms with Gasteiger partial charge in [0.05, 0.1) is 0 Å². The zero-order valence-electron chi connectivity index (χ0n) is 17.2. The minimum absolute atomic E-state index is 0.111. The Morgan fingerprint density at radius 2 is 1.93 bits per heavy atom. The van der Waals surface area contributed by atoms with Crippen LogP contribution in [-0.4, -0.2) is 53.6 Å². The molecule has 1 saturated carbocycles. The Bertz CT molecular complexity index is 658. The maximum atomic E-state index is 12.0. The number of hydrogen-bond donors (Lipinski definition) is 0. The molecular formula is C21H32O4SeSi. The summed E-state index contributed by atoms with van der Waals surface area (Å²) in [6.45, 7) is 11.5. The molecule has 1 aliphatic heterocycles. The molecule has 2 fully saturated rings. The third-order valence-electron chi connectivity index (χ3n) is 6.37. The van der Waals surface area contributed by atoms with Gasteiger partial charge in [-0.25, -0.2) is 0 Å². The molecule has 4 nitrogen and oxygen atoms in total. The van der Waals surface area contributed by atoms with E-state index in [4.69, 9.17) is 13.9 Å². The van der Waals surface area contributed by atoms with Crippen molar-refractivity contribution in [1.82, 2.24) is 0 Å². The first-order valence-corrected chi connectivity index (χ1v) is 14.5. The topological polar surface area (TPSA) is 44.8 Å². The summed E-state index contributed by atoms with van der Waals surface area (Å²) in [7, 11) is -0.404. The standard InChI is InChI=1S/C21H32O4SeSi/c1-21(2,3)27(5,6)25-17-13-16-15(12-18(22)23-4)19(17)20(24-16)26-14-10-8-7-9-11-14/h7-11,15-17,19-20H,12-13H2,1-6H3/t15-,16+,17-,19+,20?/m1/s1. The van der Waals surface area contributed by atoms with Crippen LogP contribution in [0.3, 0.4) is 0 Å². The zero-order chi connectivity index (χ0) is 19.8. The van der Waals surface area contributed by atoms with E-state index in [0.717, 1.165) is 6.42 Å². The molecule has 1 saturated heterocycles. The predicted octanol–water partition coefficient (Wildman–Crippen LogP) is 3.33. The van der Waals surface area contributed by atoms with Crippen LogP contribution in [0.4, 0.5) is 0 Å². The summed E-state index contributed by atoms with van der Waals surface area (Å²) in [5.41, 5.74) is 0. The van der Waals surface area contributed by atoms with Crippen molar-refractivity contribution in [3.8, 4) is 0 Å². The number of fused-ring (bicyclic) bond motifs is 2. The quantitative estimate of drug-likeness (QED) is 0.488. The van der Waals surface area contributed by atoms with Crippen LogP contribution in [-0.2, 0) is 18.7 Å². The SMILES string of the molecule is COC(=O)C[C@H]1[C@@H]2C([Se]c3ccccc3)O[C@H]1C[C@H]2O[Si](C)(C)C(C)(C)C. The molecule has 1 unspecified atom stereocenters. The van der Waals surface area contributed by atoms with E-state index < -0.39 is 8.32 Å². The summed E-state index contributed by atoms with van der Waals surface area (Å²) in [5, 5.41) is 0.344. The van der Waals surface area contributed by atoms with Crippen LogP contribution in [0.1, 0.15) is 33.6 Å². The van der Waals surface area contributed by atoms with Crippen molar-refractivity contribution < 1.29 is 18.7 Å². The molecule has 5 atom stereocenters. The van der Waals surface area contributed by atoms with Gasteiger partial charge < -0.3 is 0 Å². The molecule has 1 aliphatic carbocycles. The Balaban J connectivity index is 1.80. The molecule has 6 heteroatoms. The third kappa shape index (κ3) is 4.51. The monoisotopic (exact) mass is 456 g/mol. The maximum absolute atomic E-state index is 12.0. The number of rotatable bonds is 6. The van der Waals surface area contributed by atoms with Gasteiger partial charge in [-0.1, -0.05) is 0 Å². The number of esters is 1. The summed E-state index contributed by atoms with van der Waals surface area (Å²) in [5.74, 6) is 0.352. The second-order valence-corrected chi connectivity index (χ2v) is 16.4. The number of methoxy groups -OCH3 is 1. The van der Waals surface area contributed by atoms with Gasteiger partial charge in [-0.05, 0) is 0 Å². The second kappa shape index (κ2) is 8.00. The van der Waals surface area contributed by atoms with Crippen LogP contribution >= 0.6 is 0 Å². The van der Waals surface area contributed by atoms with Crippen molar-refractivity contribution >= 4 is 33.7 Å². The van der Waals surface area contributed by atoms with Crippen LogP contribution in [0, 0.1) is 11.8 Å². The average Bonchev–Trinajstić information content (AvgIpc) is 3.07. The van der Waals surface area contributed by atoms with E-state index in [9.17, 15) is 4.79 Å². The Kier molecular flexibility index (Phi) is 6.24. The average molecular weight is 456 g/mol. The zero-order valence-corrected chi connectivity index (χ0v) is 19.9. The van der Waals surface area contributed by atoms with E-state index in [1.54, 1.807) is 0 Å². The fourth-order valence-corrected chi connectivity index (χ4v) is 7.97. The Morgan fingerprint density at radius 1 is 1.26 bits per heavy atom. The molecular weight excluding hydrogens is 423 g/mol. The van der Waals surface area contributed by atoms with Crippen LogP contribution in [0.5, 0.6) is 0 Å². The van der Waals surface area contributed by atoms with Crippen LogP contribution in [0.25, 0.3) is 0 Å². The molecule has 1 aromatic carbocycles. The summed E-state index contributed by atoms with van der Waals surface area (Å²) in [6, 6.07) is 10.6. The van der Waals surface area contributed by atoms with Gasteiger partial charge in [-0.2, -0.15) is 0 Å². The van der Waals surface area contributed by atoms with Crippen molar-refractivity contribution in [3.05, 3.63) is 30.3 Å². The molecule has 1 heterocycles. The first-order chi connectivity index (χ1) is 12.6. The number of hydrogen-bond acceptors (Lipinski definition) is 4. The van der Waals surface area contributed by atoms with Crippen LogP contribution in [0.2, 0.25) is 18.1 Å². The number of carbonyl (C=O) groups excluding carboxylic acids is 1. The number of ether oxygens (including phenoxy) is 2. The van der Waals surface area contributed by atoms with Gasteiger partial charge in [0.25, 0.3) is 0 Å². The van der Waals surface area contributed by atoms with E-state index in [2.05, 4.69) is 58.1 Å². The van der Waals surface area contributed by atoms with Crippen molar-refractivity contribution in [1.29, 1.82) is 0 Å². The van der Waals surface area contributed by atoms with Crippen LogP contribution in [0.15, 0.2) is 30.3 Å². The fraction of sp³-hybridized carbons (Fsp3) is 0.667. The van der Waals surface area contributed by atoms with Crippen molar-refractivity contribution in [2.75, 3.05) is 7.11 Å². The van der Waals surface area contributed by atoms with E-state index in [-0.39, 0.29) is 55.0 Å². The van der Waals surface area contributed by atoms with Gasteiger partial charge in [-0.15, -0.1) is 0 Å². The molecule has 0 radical (unpaired) electrons. The van der Waals surface area contributed by atoms with E-state index in [0.29, 0.717) is 6.42 Å². The van der Waals surface area contributed by atoms with Crippen molar-refractivity contribution in [2.45, 2.75) is 69.0 Å². The van der Waals surface area contributed by atoms with Gasteiger partial charge in [0.2, 0.25) is 0 Å². The van der Waals surface area contributed by atoms with Crippen LogP contribution < -0.4 is 4.46 Å². The predicted molar refractivity (Wildman–Crippen MR) is 111 cm³/mol. The summed E-state index contributed by atoms with van der Waals surface area (Å²) in [6.07, 6.45) is 1.64. The van der Waals surface area contributed by atoms with Gasteiger partial charge in [0.1, 0.15) is 0 Å². The molecule has 0 spiro atoms. The van der Waals surface area contributed by atoms with Gasteiger partial charge in [-0.3, -0.25) is 0 Å². The Hall–Kier alpha value is -0.654. The van der Waals surface area contributed by atoms with E-state index in [1.165, 1.54) is 11.6 Å². The van der Waals surface area contributed by atoms with E-state index in [1.807, 2.05) is 6.07 Å². The van der Waals surface area contributed by atoms with Gasteiger partial charge in [0.15, 0.2) is 0 Å². The molecule has 0 aromatic heterocycles. The second-order valence-electron chi connectivity index (χ2n) is 9.15. The van der Waals surface area contributed by atoms with Gasteiger partial charge >= 0.3 is 171 Å². The number of benzene rings is 1.